The fraction of sp³-hybridized carbons (Fsp3) is 0.125. The Labute approximate surface area is 130 Å². The van der Waals surface area contributed by atoms with Crippen LogP contribution in [0.2, 0.25) is 0 Å². The van der Waals surface area contributed by atoms with E-state index in [1.807, 2.05) is 31.2 Å². The summed E-state index contributed by atoms with van der Waals surface area (Å²) in [6.07, 6.45) is 0. The molecule has 0 unspecified atom stereocenters. The SMILES string of the molecule is Cc1ccc(Cn2c(O)c(N=O)c3cc([N+](=O)[O-])ccc32)cc1. The number of hydrogen-bond donors (Lipinski definition) is 1. The van der Waals surface area contributed by atoms with Gasteiger partial charge >= 0.3 is 0 Å². The Morgan fingerprint density at radius 3 is 2.52 bits per heavy atom. The highest BCUT2D eigenvalue weighted by molar-refractivity contribution is 5.96. The Morgan fingerprint density at radius 1 is 1.22 bits per heavy atom. The molecule has 7 heteroatoms. The van der Waals surface area contributed by atoms with Crippen molar-refractivity contribution in [2.75, 3.05) is 0 Å². The van der Waals surface area contributed by atoms with Crippen LogP contribution in [0.3, 0.4) is 0 Å². The van der Waals surface area contributed by atoms with Crippen molar-refractivity contribution in [1.29, 1.82) is 0 Å². The predicted molar refractivity (Wildman–Crippen MR) is 86.0 cm³/mol. The molecular formula is C16H13N3O4. The lowest BCUT2D eigenvalue weighted by Crippen LogP contribution is -1.99. The number of hydrogen-bond acceptors (Lipinski definition) is 5. The molecule has 0 radical (unpaired) electrons. The van der Waals surface area contributed by atoms with E-state index in [1.165, 1.54) is 22.8 Å². The van der Waals surface area contributed by atoms with Crippen molar-refractivity contribution in [2.45, 2.75) is 13.5 Å². The highest BCUT2D eigenvalue weighted by atomic mass is 16.6. The van der Waals surface area contributed by atoms with E-state index < -0.39 is 4.92 Å². The van der Waals surface area contributed by atoms with Crippen LogP contribution in [0.15, 0.2) is 47.6 Å². The van der Waals surface area contributed by atoms with E-state index in [-0.39, 0.29) is 22.6 Å². The molecule has 0 aliphatic carbocycles. The maximum atomic E-state index is 11.0. The molecule has 1 heterocycles. The van der Waals surface area contributed by atoms with Crippen molar-refractivity contribution in [3.63, 3.8) is 0 Å². The van der Waals surface area contributed by atoms with Gasteiger partial charge in [-0.2, -0.15) is 0 Å². The molecule has 1 N–H and O–H groups in total. The molecule has 0 atom stereocenters. The summed E-state index contributed by atoms with van der Waals surface area (Å²) in [6.45, 7) is 2.30. The first kappa shape index (κ1) is 14.7. The average Bonchev–Trinajstić information content (AvgIpc) is 2.80. The van der Waals surface area contributed by atoms with Gasteiger partial charge in [-0.25, -0.2) is 0 Å². The first-order valence-corrected chi connectivity index (χ1v) is 6.89. The minimum Gasteiger partial charge on any atom is -0.493 e. The molecule has 2 aromatic carbocycles. The molecule has 3 aromatic rings. The van der Waals surface area contributed by atoms with Gasteiger partial charge in [-0.05, 0) is 23.7 Å². The first-order valence-electron chi connectivity index (χ1n) is 6.89. The van der Waals surface area contributed by atoms with E-state index in [4.69, 9.17) is 0 Å². The number of fused-ring (bicyclic) bond motifs is 1. The average molecular weight is 311 g/mol. The van der Waals surface area contributed by atoms with E-state index >= 15 is 0 Å². The summed E-state index contributed by atoms with van der Waals surface area (Å²) in [5, 5.41) is 24.2. The number of aromatic hydroxyl groups is 1. The van der Waals surface area contributed by atoms with Gasteiger partial charge in [-0.1, -0.05) is 29.8 Å². The van der Waals surface area contributed by atoms with Gasteiger partial charge in [0.25, 0.3) is 5.69 Å². The fourth-order valence-electron chi connectivity index (χ4n) is 2.55. The summed E-state index contributed by atoms with van der Waals surface area (Å²) in [7, 11) is 0. The lowest BCUT2D eigenvalue weighted by Gasteiger charge is -2.07. The summed E-state index contributed by atoms with van der Waals surface area (Å²) in [5.74, 6) is -0.295. The van der Waals surface area contributed by atoms with Crippen LogP contribution in [-0.2, 0) is 6.54 Å². The van der Waals surface area contributed by atoms with E-state index in [9.17, 15) is 20.1 Å². The maximum Gasteiger partial charge on any atom is 0.270 e. The zero-order valence-electron chi connectivity index (χ0n) is 12.3. The van der Waals surface area contributed by atoms with Crippen LogP contribution in [0, 0.1) is 21.9 Å². The van der Waals surface area contributed by atoms with Gasteiger partial charge in [-0.15, -0.1) is 4.91 Å². The van der Waals surface area contributed by atoms with E-state index in [0.29, 0.717) is 12.1 Å². The Kier molecular flexibility index (Phi) is 3.53. The standard InChI is InChI=1S/C16H13N3O4/c1-10-2-4-11(5-3-10)9-18-14-7-6-12(19(22)23)8-13(14)15(17-21)16(18)20/h2-8,20H,9H2,1H3. The van der Waals surface area contributed by atoms with Crippen molar-refractivity contribution >= 4 is 22.3 Å². The van der Waals surface area contributed by atoms with Crippen LogP contribution in [0.1, 0.15) is 11.1 Å². The number of aromatic nitrogens is 1. The Bertz CT molecular complexity index is 913. The molecule has 0 aliphatic rings. The highest BCUT2D eigenvalue weighted by Crippen LogP contribution is 2.40. The van der Waals surface area contributed by atoms with E-state index in [2.05, 4.69) is 5.18 Å². The smallest absolute Gasteiger partial charge is 0.270 e. The quantitative estimate of drug-likeness (QED) is 0.447. The summed E-state index contributed by atoms with van der Waals surface area (Å²) < 4.78 is 1.51. The van der Waals surface area contributed by atoms with Gasteiger partial charge in [0.2, 0.25) is 5.88 Å². The van der Waals surface area contributed by atoms with Crippen molar-refractivity contribution in [1.82, 2.24) is 4.57 Å². The van der Waals surface area contributed by atoms with Gasteiger partial charge in [0.1, 0.15) is 0 Å². The summed E-state index contributed by atoms with van der Waals surface area (Å²) in [6, 6.07) is 11.8. The molecule has 7 nitrogen and oxygen atoms in total. The van der Waals surface area contributed by atoms with Crippen LogP contribution >= 0.6 is 0 Å². The van der Waals surface area contributed by atoms with Crippen molar-refractivity contribution < 1.29 is 10.0 Å². The minimum atomic E-state index is -0.553. The monoisotopic (exact) mass is 311 g/mol. The van der Waals surface area contributed by atoms with Crippen LogP contribution < -0.4 is 0 Å². The molecule has 0 amide bonds. The second-order valence-corrected chi connectivity index (χ2v) is 5.29. The lowest BCUT2D eigenvalue weighted by atomic mass is 10.1. The number of rotatable bonds is 4. The number of nitrogens with zero attached hydrogens (tertiary/aromatic N) is 3. The third-order valence-corrected chi connectivity index (χ3v) is 3.76. The fourth-order valence-corrected chi connectivity index (χ4v) is 2.55. The van der Waals surface area contributed by atoms with Gasteiger partial charge < -0.3 is 9.67 Å². The second kappa shape index (κ2) is 5.53. The summed E-state index contributed by atoms with van der Waals surface area (Å²) in [4.78, 5) is 21.4. The van der Waals surface area contributed by atoms with Crippen LogP contribution in [0.25, 0.3) is 10.9 Å². The lowest BCUT2D eigenvalue weighted by molar-refractivity contribution is -0.384. The molecule has 3 rings (SSSR count). The molecule has 0 saturated heterocycles. The Hall–Kier alpha value is -3.22. The number of nitro groups is 1. The molecular weight excluding hydrogens is 298 g/mol. The number of aryl methyl sites for hydroxylation is 1. The van der Waals surface area contributed by atoms with Crippen molar-refractivity contribution in [3.8, 4) is 5.88 Å². The summed E-state index contributed by atoms with van der Waals surface area (Å²) >= 11 is 0. The minimum absolute atomic E-state index is 0.158. The third-order valence-electron chi connectivity index (χ3n) is 3.76. The van der Waals surface area contributed by atoms with E-state index in [0.717, 1.165) is 11.1 Å². The first-order chi connectivity index (χ1) is 11.0. The van der Waals surface area contributed by atoms with Gasteiger partial charge in [0.05, 0.1) is 17.0 Å². The zero-order valence-corrected chi connectivity index (χ0v) is 12.3. The largest absolute Gasteiger partial charge is 0.493 e. The number of nitroso groups, excluding NO2 is 1. The molecule has 0 fully saturated rings. The highest BCUT2D eigenvalue weighted by Gasteiger charge is 2.20. The molecule has 0 saturated carbocycles. The van der Waals surface area contributed by atoms with E-state index in [1.54, 1.807) is 0 Å². The molecule has 0 aliphatic heterocycles. The number of benzene rings is 2. The van der Waals surface area contributed by atoms with Crippen molar-refractivity contribution in [2.24, 2.45) is 5.18 Å². The second-order valence-electron chi connectivity index (χ2n) is 5.29. The molecule has 0 bridgehead atoms. The topological polar surface area (TPSA) is 97.7 Å². The van der Waals surface area contributed by atoms with Gasteiger partial charge in [0.15, 0.2) is 5.69 Å². The maximum absolute atomic E-state index is 11.0. The van der Waals surface area contributed by atoms with Crippen LogP contribution in [-0.4, -0.2) is 14.6 Å². The molecule has 23 heavy (non-hydrogen) atoms. The Balaban J connectivity index is 2.16. The van der Waals surface area contributed by atoms with Crippen LogP contribution in [0.4, 0.5) is 11.4 Å². The molecule has 116 valence electrons. The van der Waals surface area contributed by atoms with Crippen molar-refractivity contribution in [3.05, 3.63) is 68.6 Å². The van der Waals surface area contributed by atoms with Crippen LogP contribution in [0.5, 0.6) is 5.88 Å². The predicted octanol–water partition coefficient (Wildman–Crippen LogP) is 4.01. The molecule has 0 spiro atoms. The summed E-state index contributed by atoms with van der Waals surface area (Å²) in [5.41, 5.74) is 2.22. The van der Waals surface area contributed by atoms with Gasteiger partial charge in [0, 0.05) is 17.5 Å². The third kappa shape index (κ3) is 2.52. The van der Waals surface area contributed by atoms with Gasteiger partial charge in [-0.3, -0.25) is 10.1 Å². The Morgan fingerprint density at radius 2 is 1.91 bits per heavy atom. The number of non-ortho nitro benzene ring substituents is 1. The number of nitro benzene ring substituents is 1. The normalized spacial score (nSPS) is 10.8. The zero-order chi connectivity index (χ0) is 16.6. The molecule has 1 aromatic heterocycles.